The molecule has 1 saturated heterocycles. The first-order valence-electron chi connectivity index (χ1n) is 12.6. The van der Waals surface area contributed by atoms with Crippen LogP contribution in [0.4, 0.5) is 0 Å². The fourth-order valence-electron chi connectivity index (χ4n) is 4.98. The second kappa shape index (κ2) is 11.3. The van der Waals surface area contributed by atoms with Crippen LogP contribution in [0.1, 0.15) is 29.3 Å². The molecule has 2 amide bonds. The SMILES string of the molecule is N[C@@H](C(=O)N1CCC(CC(=O)NO)(c2ccc(-c3ccc(-c4cnco4)cc3)s2)S(=O)(=O)CC1)c1ccccc1. The molecule has 2 aromatic heterocycles. The van der Waals surface area contributed by atoms with Crippen LogP contribution < -0.4 is 11.2 Å². The van der Waals surface area contributed by atoms with Crippen molar-refractivity contribution in [2.24, 2.45) is 5.73 Å². The Morgan fingerprint density at radius 1 is 1.07 bits per heavy atom. The average molecular weight is 581 g/mol. The van der Waals surface area contributed by atoms with Crippen LogP contribution in [0.15, 0.2) is 83.7 Å². The maximum atomic E-state index is 13.9. The van der Waals surface area contributed by atoms with Crippen molar-refractivity contribution in [3.63, 3.8) is 0 Å². The van der Waals surface area contributed by atoms with Crippen LogP contribution >= 0.6 is 11.3 Å². The van der Waals surface area contributed by atoms with E-state index in [2.05, 4.69) is 4.98 Å². The number of hydrogen-bond donors (Lipinski definition) is 3. The van der Waals surface area contributed by atoms with E-state index >= 15 is 0 Å². The number of amides is 2. The first kappa shape index (κ1) is 27.7. The van der Waals surface area contributed by atoms with Gasteiger partial charge in [-0.2, -0.15) is 0 Å². The molecule has 3 heterocycles. The maximum Gasteiger partial charge on any atom is 0.245 e. The predicted octanol–water partition coefficient (Wildman–Crippen LogP) is 3.51. The molecule has 4 aromatic rings. The van der Waals surface area contributed by atoms with Crippen LogP contribution in [0.5, 0.6) is 0 Å². The molecule has 0 bridgehead atoms. The first-order valence-corrected chi connectivity index (χ1v) is 15.1. The fraction of sp³-hybridized carbons (Fsp3) is 0.250. The molecule has 1 aliphatic rings. The Morgan fingerprint density at radius 3 is 2.48 bits per heavy atom. The predicted molar refractivity (Wildman–Crippen MR) is 150 cm³/mol. The standard InChI is InChI=1S/C28H28N4O6S2/c29-26(21-4-2-1-3-5-21)27(34)32-13-12-28(16-25(33)31-35,40(36,37)15-14-32)24-11-10-23(39-24)20-8-6-19(7-9-20)22-17-30-18-38-22/h1-11,17-18,26,35H,12-16,29H2,(H,31,33)/t26-,28?/m1/s1. The molecule has 2 aromatic carbocycles. The number of hydroxylamine groups is 1. The number of sulfone groups is 1. The Kier molecular flexibility index (Phi) is 7.86. The van der Waals surface area contributed by atoms with Gasteiger partial charge in [-0.25, -0.2) is 18.9 Å². The van der Waals surface area contributed by atoms with Crippen molar-refractivity contribution in [2.45, 2.75) is 23.6 Å². The molecule has 0 aliphatic carbocycles. The van der Waals surface area contributed by atoms with E-state index in [9.17, 15) is 23.2 Å². The van der Waals surface area contributed by atoms with Crippen LogP contribution in [-0.4, -0.2) is 54.2 Å². The number of nitrogens with one attached hydrogen (secondary N) is 1. The number of carbonyl (C=O) groups excluding carboxylic acids is 2. The Labute approximate surface area is 235 Å². The zero-order valence-electron chi connectivity index (χ0n) is 21.4. The average Bonchev–Trinajstić information content (AvgIpc) is 3.67. The van der Waals surface area contributed by atoms with Gasteiger partial charge in [0.05, 0.1) is 18.4 Å². The lowest BCUT2D eigenvalue weighted by molar-refractivity contribution is -0.132. The number of hydrogen-bond acceptors (Lipinski definition) is 9. The van der Waals surface area contributed by atoms with Gasteiger partial charge in [0.15, 0.2) is 22.0 Å². The van der Waals surface area contributed by atoms with E-state index in [0.29, 0.717) is 16.2 Å². The summed E-state index contributed by atoms with van der Waals surface area (Å²) < 4.78 is 31.4. The molecule has 1 aliphatic heterocycles. The molecular weight excluding hydrogens is 552 g/mol. The topological polar surface area (TPSA) is 156 Å². The summed E-state index contributed by atoms with van der Waals surface area (Å²) in [5.74, 6) is -0.931. The second-order valence-electron chi connectivity index (χ2n) is 9.60. The van der Waals surface area contributed by atoms with Gasteiger partial charge in [-0.15, -0.1) is 11.3 Å². The molecule has 2 atom stereocenters. The third kappa shape index (κ3) is 5.30. The van der Waals surface area contributed by atoms with E-state index in [0.717, 1.165) is 16.0 Å². The minimum absolute atomic E-state index is 0.0274. The molecule has 10 nitrogen and oxygen atoms in total. The molecule has 0 radical (unpaired) electrons. The van der Waals surface area contributed by atoms with Crippen molar-refractivity contribution in [2.75, 3.05) is 18.8 Å². The van der Waals surface area contributed by atoms with E-state index < -0.39 is 33.0 Å². The minimum atomic E-state index is -3.96. The monoisotopic (exact) mass is 580 g/mol. The first-order chi connectivity index (χ1) is 19.2. The highest BCUT2D eigenvalue weighted by Gasteiger charge is 2.50. The van der Waals surface area contributed by atoms with Crippen LogP contribution in [0.2, 0.25) is 0 Å². The van der Waals surface area contributed by atoms with Crippen molar-refractivity contribution in [3.8, 4) is 21.8 Å². The van der Waals surface area contributed by atoms with Crippen molar-refractivity contribution >= 4 is 33.0 Å². The van der Waals surface area contributed by atoms with Gasteiger partial charge in [0.25, 0.3) is 0 Å². The number of thiophene rings is 1. The summed E-state index contributed by atoms with van der Waals surface area (Å²) in [7, 11) is -3.96. The summed E-state index contributed by atoms with van der Waals surface area (Å²) in [6.07, 6.45) is 2.46. The summed E-state index contributed by atoms with van der Waals surface area (Å²) in [6, 6.07) is 19.0. The number of nitrogens with two attached hydrogens (primary N) is 1. The quantitative estimate of drug-likeness (QED) is 0.222. The summed E-state index contributed by atoms with van der Waals surface area (Å²) in [5.41, 5.74) is 10.1. The van der Waals surface area contributed by atoms with E-state index in [1.807, 2.05) is 36.4 Å². The van der Waals surface area contributed by atoms with Gasteiger partial charge in [-0.1, -0.05) is 54.6 Å². The van der Waals surface area contributed by atoms with Crippen LogP contribution in [0, 0.1) is 0 Å². The zero-order chi connectivity index (χ0) is 28.3. The Balaban J connectivity index is 1.46. The van der Waals surface area contributed by atoms with Crippen LogP contribution in [0.25, 0.3) is 21.8 Å². The third-order valence-corrected chi connectivity index (χ3v) is 11.2. The highest BCUT2D eigenvalue weighted by molar-refractivity contribution is 7.92. The molecule has 0 spiro atoms. The number of aromatic nitrogens is 1. The third-order valence-electron chi connectivity index (χ3n) is 7.26. The molecule has 4 N–H and O–H groups in total. The zero-order valence-corrected chi connectivity index (χ0v) is 23.0. The smallest absolute Gasteiger partial charge is 0.245 e. The van der Waals surface area contributed by atoms with E-state index in [1.54, 1.807) is 42.0 Å². The van der Waals surface area contributed by atoms with Gasteiger partial charge in [-0.05, 0) is 29.7 Å². The number of rotatable bonds is 7. The molecule has 0 saturated carbocycles. The highest BCUT2D eigenvalue weighted by Crippen LogP contribution is 2.45. The number of oxazole rings is 1. The van der Waals surface area contributed by atoms with Gasteiger partial charge < -0.3 is 15.1 Å². The van der Waals surface area contributed by atoms with Crippen LogP contribution in [-0.2, 0) is 24.2 Å². The normalized spacial score (nSPS) is 19.5. The van der Waals surface area contributed by atoms with Crippen LogP contribution in [0.3, 0.4) is 0 Å². The number of carbonyl (C=O) groups is 2. The molecule has 5 rings (SSSR count). The molecule has 12 heteroatoms. The van der Waals surface area contributed by atoms with Crippen molar-refractivity contribution in [1.82, 2.24) is 15.4 Å². The maximum absolute atomic E-state index is 13.9. The van der Waals surface area contributed by atoms with Crippen molar-refractivity contribution < 1.29 is 27.6 Å². The molecule has 40 heavy (non-hydrogen) atoms. The summed E-state index contributed by atoms with van der Waals surface area (Å²) in [4.78, 5) is 32.4. The number of benzene rings is 2. The lowest BCUT2D eigenvalue weighted by Gasteiger charge is -2.30. The van der Waals surface area contributed by atoms with Gasteiger partial charge in [-0.3, -0.25) is 14.8 Å². The highest BCUT2D eigenvalue weighted by atomic mass is 32.2. The summed E-state index contributed by atoms with van der Waals surface area (Å²) in [6.45, 7) is 0.0297. The van der Waals surface area contributed by atoms with Crippen molar-refractivity contribution in [3.05, 3.63) is 89.8 Å². The Hall–Kier alpha value is -3.84. The van der Waals surface area contributed by atoms with E-state index in [4.69, 9.17) is 10.2 Å². The van der Waals surface area contributed by atoms with Crippen molar-refractivity contribution in [1.29, 1.82) is 0 Å². The van der Waals surface area contributed by atoms with Gasteiger partial charge in [0.2, 0.25) is 11.8 Å². The lowest BCUT2D eigenvalue weighted by atomic mass is 9.96. The summed E-state index contributed by atoms with van der Waals surface area (Å²) in [5, 5.41) is 9.31. The Bertz CT molecular complexity index is 1590. The Morgan fingerprint density at radius 2 is 1.80 bits per heavy atom. The largest absolute Gasteiger partial charge is 0.444 e. The van der Waals surface area contributed by atoms with Gasteiger partial charge in [0.1, 0.15) is 10.8 Å². The minimum Gasteiger partial charge on any atom is -0.444 e. The molecule has 1 fully saturated rings. The van der Waals surface area contributed by atoms with Gasteiger partial charge in [0, 0.05) is 28.4 Å². The second-order valence-corrected chi connectivity index (χ2v) is 13.1. The molecule has 1 unspecified atom stereocenters. The molecular formula is C28H28N4O6S2. The number of nitrogens with zero attached hydrogens (tertiary/aromatic N) is 2. The summed E-state index contributed by atoms with van der Waals surface area (Å²) >= 11 is 1.27. The molecule has 208 valence electrons. The van der Waals surface area contributed by atoms with E-state index in [1.165, 1.54) is 22.6 Å². The fourth-order valence-corrected chi connectivity index (χ4v) is 8.59. The van der Waals surface area contributed by atoms with E-state index in [-0.39, 0.29) is 31.2 Å². The lowest BCUT2D eigenvalue weighted by Crippen LogP contribution is -2.41. The van der Waals surface area contributed by atoms with Gasteiger partial charge >= 0.3 is 0 Å².